The maximum Gasteiger partial charge on any atom is 0.416 e. The third kappa shape index (κ3) is 6.90. The van der Waals surface area contributed by atoms with Crippen LogP contribution in [-0.2, 0) is 20.4 Å². The second-order valence-electron chi connectivity index (χ2n) is 12.0. The quantitative estimate of drug-likeness (QED) is 0.323. The van der Waals surface area contributed by atoms with Gasteiger partial charge in [0.05, 0.1) is 12.7 Å². The van der Waals surface area contributed by atoms with Crippen molar-refractivity contribution < 1.29 is 41.8 Å². The average Bonchev–Trinajstić information content (AvgIpc) is 2.88. The third-order valence-electron chi connectivity index (χ3n) is 8.12. The summed E-state index contributed by atoms with van der Waals surface area (Å²) in [5.74, 6) is -1.52. The van der Waals surface area contributed by atoms with Crippen LogP contribution in [0.5, 0.6) is 5.75 Å². The summed E-state index contributed by atoms with van der Waals surface area (Å²) in [6.07, 6.45) is -0.0175. The second-order valence-corrected chi connectivity index (χ2v) is 12.0. The van der Waals surface area contributed by atoms with Crippen molar-refractivity contribution in [1.82, 2.24) is 9.80 Å². The summed E-state index contributed by atoms with van der Waals surface area (Å²) in [5.41, 5.74) is -1.95. The number of benzene rings is 1. The molecule has 0 aliphatic carbocycles. The van der Waals surface area contributed by atoms with Gasteiger partial charge in [-0.1, -0.05) is 0 Å². The minimum Gasteiger partial charge on any atom is -0.465 e. The molecular weight excluding hydrogens is 529 g/mol. The summed E-state index contributed by atoms with van der Waals surface area (Å²) in [5, 5.41) is 0. The fourth-order valence-electron chi connectivity index (χ4n) is 6.59. The molecular formula is C29H39F3N2O6. The monoisotopic (exact) mass is 568 g/mol. The van der Waals surface area contributed by atoms with E-state index in [0.717, 1.165) is 58.0 Å². The van der Waals surface area contributed by atoms with E-state index in [1.54, 1.807) is 0 Å². The van der Waals surface area contributed by atoms with Crippen molar-refractivity contribution in [1.29, 1.82) is 0 Å². The standard InChI is InChI=1S/C29H39F3N2O6/c1-28(2,3)40-27(37)34-17-18-8-6-14-33-15-7-9-20(25(18)33)22(34)10-5-11-24(35)39-23-16-19(29(30,31)32)12-13-21(23)26(36)38-4/h12-13,16,18,20,22,25H,5-11,14-15,17H2,1-4H3. The first-order valence-electron chi connectivity index (χ1n) is 14.0. The molecule has 0 bridgehead atoms. The van der Waals surface area contributed by atoms with Crippen LogP contribution in [-0.4, -0.2) is 72.3 Å². The fourth-order valence-corrected chi connectivity index (χ4v) is 6.59. The number of amides is 1. The van der Waals surface area contributed by atoms with E-state index in [2.05, 4.69) is 9.64 Å². The van der Waals surface area contributed by atoms with Crippen molar-refractivity contribution in [2.24, 2.45) is 11.8 Å². The van der Waals surface area contributed by atoms with Crippen LogP contribution >= 0.6 is 0 Å². The number of alkyl halides is 3. The van der Waals surface area contributed by atoms with Gasteiger partial charge >= 0.3 is 24.2 Å². The maximum absolute atomic E-state index is 13.3. The lowest BCUT2D eigenvalue weighted by Gasteiger charge is -2.57. The molecule has 0 N–H and O–H groups in total. The minimum absolute atomic E-state index is 0.0833. The maximum atomic E-state index is 13.3. The Morgan fingerprint density at radius 1 is 1.05 bits per heavy atom. The van der Waals surface area contributed by atoms with Gasteiger partial charge in [0.2, 0.25) is 0 Å². The van der Waals surface area contributed by atoms with Crippen molar-refractivity contribution in [3.05, 3.63) is 29.3 Å². The SMILES string of the molecule is COC(=O)c1ccc(C(F)(F)F)cc1OC(=O)CCCC1C2CCCN3CCCC(CN1C(=O)OC(C)(C)C)C23. The Hall–Kier alpha value is -2.82. The number of ether oxygens (including phenoxy) is 3. The van der Waals surface area contributed by atoms with E-state index in [4.69, 9.17) is 9.47 Å². The van der Waals surface area contributed by atoms with Gasteiger partial charge in [-0.25, -0.2) is 9.59 Å². The third-order valence-corrected chi connectivity index (χ3v) is 8.12. The highest BCUT2D eigenvalue weighted by Crippen LogP contribution is 2.44. The van der Waals surface area contributed by atoms with Crippen LogP contribution in [0, 0.1) is 11.8 Å². The van der Waals surface area contributed by atoms with E-state index in [1.807, 2.05) is 25.7 Å². The molecule has 3 aliphatic rings. The number of hydrogen-bond acceptors (Lipinski definition) is 7. The van der Waals surface area contributed by atoms with Crippen molar-refractivity contribution in [3.8, 4) is 5.75 Å². The van der Waals surface area contributed by atoms with Gasteiger partial charge in [0.15, 0.2) is 0 Å². The highest BCUT2D eigenvalue weighted by molar-refractivity contribution is 5.93. The number of methoxy groups -OCH3 is 1. The van der Waals surface area contributed by atoms with E-state index in [0.29, 0.717) is 37.4 Å². The largest absolute Gasteiger partial charge is 0.465 e. The summed E-state index contributed by atoms with van der Waals surface area (Å²) in [6.45, 7) is 8.23. The molecule has 0 radical (unpaired) electrons. The van der Waals surface area contributed by atoms with Crippen molar-refractivity contribution >= 4 is 18.0 Å². The lowest BCUT2D eigenvalue weighted by Crippen LogP contribution is -2.65. The molecule has 4 unspecified atom stereocenters. The predicted molar refractivity (Wildman–Crippen MR) is 140 cm³/mol. The van der Waals surface area contributed by atoms with Crippen molar-refractivity contribution in [2.45, 2.75) is 89.6 Å². The Bertz CT molecular complexity index is 1100. The zero-order valence-corrected chi connectivity index (χ0v) is 23.6. The molecule has 3 aliphatic heterocycles. The fraction of sp³-hybridized carbons (Fsp3) is 0.690. The number of esters is 2. The lowest BCUT2D eigenvalue weighted by molar-refractivity contribution is -0.139. The van der Waals surface area contributed by atoms with Crippen LogP contribution < -0.4 is 4.74 Å². The Kier molecular flexibility index (Phi) is 9.02. The molecule has 3 heterocycles. The molecule has 3 fully saturated rings. The number of piperidine rings is 3. The summed E-state index contributed by atoms with van der Waals surface area (Å²) in [4.78, 5) is 42.5. The Balaban J connectivity index is 1.47. The Labute approximate surface area is 233 Å². The normalized spacial score (nSPS) is 25.1. The van der Waals surface area contributed by atoms with Gasteiger partial charge in [-0.05, 0) is 102 Å². The van der Waals surface area contributed by atoms with Crippen LogP contribution in [0.3, 0.4) is 0 Å². The van der Waals surface area contributed by atoms with Crippen LogP contribution in [0.25, 0.3) is 0 Å². The molecule has 40 heavy (non-hydrogen) atoms. The molecule has 4 rings (SSSR count). The molecule has 3 saturated heterocycles. The zero-order valence-electron chi connectivity index (χ0n) is 23.6. The van der Waals surface area contributed by atoms with Crippen molar-refractivity contribution in [3.63, 3.8) is 0 Å². The van der Waals surface area contributed by atoms with Crippen LogP contribution in [0.15, 0.2) is 18.2 Å². The number of rotatable bonds is 6. The molecule has 222 valence electrons. The van der Waals surface area contributed by atoms with Gasteiger partial charge in [0, 0.05) is 25.0 Å². The Morgan fingerprint density at radius 2 is 1.75 bits per heavy atom. The number of halogens is 3. The second kappa shape index (κ2) is 12.0. The first-order chi connectivity index (χ1) is 18.8. The summed E-state index contributed by atoms with van der Waals surface area (Å²) in [7, 11) is 1.09. The molecule has 1 amide bonds. The predicted octanol–water partition coefficient (Wildman–Crippen LogP) is 5.68. The van der Waals surface area contributed by atoms with Crippen molar-refractivity contribution in [2.75, 3.05) is 26.7 Å². The first kappa shape index (κ1) is 30.1. The van der Waals surface area contributed by atoms with Gasteiger partial charge in [-0.3, -0.25) is 9.69 Å². The Morgan fingerprint density at radius 3 is 2.40 bits per heavy atom. The van der Waals surface area contributed by atoms with E-state index < -0.39 is 35.0 Å². The highest BCUT2D eigenvalue weighted by Gasteiger charge is 2.50. The molecule has 1 aromatic carbocycles. The summed E-state index contributed by atoms with van der Waals surface area (Å²) < 4.78 is 55.4. The van der Waals surface area contributed by atoms with Gasteiger partial charge in [-0.15, -0.1) is 0 Å². The number of likely N-dealkylation sites (tertiary alicyclic amines) is 1. The minimum atomic E-state index is -4.67. The molecule has 0 saturated carbocycles. The van der Waals surface area contributed by atoms with Gasteiger partial charge in [0.1, 0.15) is 16.9 Å². The van der Waals surface area contributed by atoms with E-state index in [-0.39, 0.29) is 30.0 Å². The van der Waals surface area contributed by atoms with E-state index in [1.165, 1.54) is 0 Å². The zero-order chi connectivity index (χ0) is 29.2. The lowest BCUT2D eigenvalue weighted by atomic mass is 9.69. The van der Waals surface area contributed by atoms with Gasteiger partial charge < -0.3 is 19.1 Å². The molecule has 4 atom stereocenters. The smallest absolute Gasteiger partial charge is 0.416 e. The molecule has 1 aromatic rings. The van der Waals surface area contributed by atoms with Gasteiger partial charge in [-0.2, -0.15) is 13.2 Å². The molecule has 0 spiro atoms. The van der Waals surface area contributed by atoms with E-state index >= 15 is 0 Å². The molecule has 11 heteroatoms. The van der Waals surface area contributed by atoms with Gasteiger partial charge in [0.25, 0.3) is 0 Å². The van der Waals surface area contributed by atoms with Crippen LogP contribution in [0.2, 0.25) is 0 Å². The van der Waals surface area contributed by atoms with Crippen LogP contribution in [0.1, 0.15) is 81.6 Å². The van der Waals surface area contributed by atoms with Crippen LogP contribution in [0.4, 0.5) is 18.0 Å². The van der Waals surface area contributed by atoms with E-state index in [9.17, 15) is 27.6 Å². The topological polar surface area (TPSA) is 85.4 Å². The number of hydrogen-bond donors (Lipinski definition) is 0. The molecule has 0 aromatic heterocycles. The highest BCUT2D eigenvalue weighted by atomic mass is 19.4. The first-order valence-corrected chi connectivity index (χ1v) is 14.0. The number of carbonyl (C=O) groups excluding carboxylic acids is 3. The molecule has 8 nitrogen and oxygen atoms in total. The number of nitrogens with zero attached hydrogens (tertiary/aromatic N) is 2. The summed E-state index contributed by atoms with van der Waals surface area (Å²) in [6, 6.07) is 2.59. The number of carbonyl (C=O) groups is 3. The average molecular weight is 569 g/mol. The summed E-state index contributed by atoms with van der Waals surface area (Å²) >= 11 is 0.